The van der Waals surface area contributed by atoms with Gasteiger partial charge in [-0.05, 0) is 53.4 Å². The molecule has 7 N–H and O–H groups in total. The zero-order chi connectivity index (χ0) is 24.2. The molecule has 10 heteroatoms. The molecule has 0 unspecified atom stereocenters. The molecule has 2 aliphatic heterocycles. The molecule has 0 bridgehead atoms. The normalized spacial score (nSPS) is 41.7. The summed E-state index contributed by atoms with van der Waals surface area (Å²) in [5, 5.41) is 70.4. The van der Waals surface area contributed by atoms with Gasteiger partial charge in [0, 0.05) is 0 Å². The lowest BCUT2D eigenvalue weighted by Crippen LogP contribution is -2.60. The first-order valence-corrected chi connectivity index (χ1v) is 11.2. The van der Waals surface area contributed by atoms with Crippen LogP contribution in [0, 0.1) is 0 Å². The number of ether oxygens (including phenoxy) is 3. The van der Waals surface area contributed by atoms with Gasteiger partial charge in [0.15, 0.2) is 6.29 Å². The molecule has 2 fully saturated rings. The summed E-state index contributed by atoms with van der Waals surface area (Å²) in [5.41, 5.74) is 0.330. The Morgan fingerprint density at radius 2 is 1.47 bits per heavy atom. The van der Waals surface area contributed by atoms with E-state index >= 15 is 0 Å². The van der Waals surface area contributed by atoms with Gasteiger partial charge < -0.3 is 50.0 Å². The molecule has 0 spiro atoms. The molecule has 0 amide bonds. The first-order valence-electron chi connectivity index (χ1n) is 11.2. The number of rotatable bonds is 9. The van der Waals surface area contributed by atoms with Crippen LogP contribution in [-0.4, -0.2) is 109 Å². The van der Waals surface area contributed by atoms with Crippen LogP contribution in [0.15, 0.2) is 11.6 Å². The van der Waals surface area contributed by atoms with Crippen molar-refractivity contribution in [2.75, 3.05) is 6.61 Å². The fraction of sp³-hybridized carbons (Fsp3) is 0.909. The first kappa shape index (κ1) is 27.6. The van der Waals surface area contributed by atoms with Crippen molar-refractivity contribution in [3.63, 3.8) is 0 Å². The highest BCUT2D eigenvalue weighted by molar-refractivity contribution is 5.02. The number of aliphatic hydroxyl groups is 7. The van der Waals surface area contributed by atoms with Crippen molar-refractivity contribution in [2.45, 2.75) is 120 Å². The molecule has 10 atom stereocenters. The van der Waals surface area contributed by atoms with E-state index in [4.69, 9.17) is 14.2 Å². The topological polar surface area (TPSA) is 169 Å². The standard InChI is InChI=1S/C22H40O10/c1-11(6-5-9-22(3,4)29)7-8-13-16(24)19(27)17(25)14(32-13)10-30-21-20(28)18(26)15(23)12(2)31-21/h7,12-21,23-29H,5-6,8-10H2,1-4H3/b11-7+/t12-,13-,14+,15-,16-,17+,18+,19+,20+,21+/m0/s1. The van der Waals surface area contributed by atoms with E-state index in [9.17, 15) is 35.7 Å². The predicted octanol–water partition coefficient (Wildman–Crippen LogP) is -1.04. The van der Waals surface area contributed by atoms with Crippen LogP contribution in [0.2, 0.25) is 0 Å². The van der Waals surface area contributed by atoms with E-state index in [-0.39, 0.29) is 6.61 Å². The van der Waals surface area contributed by atoms with Crippen molar-refractivity contribution in [1.29, 1.82) is 0 Å². The van der Waals surface area contributed by atoms with E-state index < -0.39 is 66.8 Å². The second-order valence-electron chi connectivity index (χ2n) is 9.65. The molecule has 0 aromatic heterocycles. The van der Waals surface area contributed by atoms with Gasteiger partial charge in [-0.15, -0.1) is 0 Å². The third-order valence-corrected chi connectivity index (χ3v) is 6.10. The molecule has 188 valence electrons. The van der Waals surface area contributed by atoms with Crippen LogP contribution < -0.4 is 0 Å². The van der Waals surface area contributed by atoms with Crippen molar-refractivity contribution in [3.05, 3.63) is 11.6 Å². The smallest absolute Gasteiger partial charge is 0.186 e. The summed E-state index contributed by atoms with van der Waals surface area (Å²) in [6.45, 7) is 6.71. The second kappa shape index (κ2) is 11.7. The number of allylic oxidation sites excluding steroid dienone is 1. The quantitative estimate of drug-likeness (QED) is 0.209. The molecular formula is C22H40O10. The molecule has 10 nitrogen and oxygen atoms in total. The van der Waals surface area contributed by atoms with Crippen LogP contribution in [0.25, 0.3) is 0 Å². The molecule has 0 radical (unpaired) electrons. The minimum Gasteiger partial charge on any atom is -0.390 e. The maximum atomic E-state index is 10.3. The van der Waals surface area contributed by atoms with Crippen molar-refractivity contribution >= 4 is 0 Å². The lowest BCUT2D eigenvalue weighted by Gasteiger charge is -2.42. The third-order valence-electron chi connectivity index (χ3n) is 6.10. The predicted molar refractivity (Wildman–Crippen MR) is 114 cm³/mol. The summed E-state index contributed by atoms with van der Waals surface area (Å²) >= 11 is 0. The summed E-state index contributed by atoms with van der Waals surface area (Å²) in [6.07, 6.45) is -7.76. The van der Waals surface area contributed by atoms with Crippen molar-refractivity contribution < 1.29 is 50.0 Å². The molecule has 2 aliphatic rings. The van der Waals surface area contributed by atoms with Crippen molar-refractivity contribution in [1.82, 2.24) is 0 Å². The number of hydrogen-bond donors (Lipinski definition) is 7. The highest BCUT2D eigenvalue weighted by Crippen LogP contribution is 2.27. The Morgan fingerprint density at radius 3 is 2.09 bits per heavy atom. The van der Waals surface area contributed by atoms with E-state index in [0.29, 0.717) is 12.8 Å². The van der Waals surface area contributed by atoms with E-state index in [1.54, 1.807) is 13.8 Å². The van der Waals surface area contributed by atoms with Gasteiger partial charge >= 0.3 is 0 Å². The van der Waals surface area contributed by atoms with Gasteiger partial charge in [0.25, 0.3) is 0 Å². The Morgan fingerprint density at radius 1 is 0.875 bits per heavy atom. The minimum absolute atomic E-state index is 0.271. The summed E-state index contributed by atoms with van der Waals surface area (Å²) < 4.78 is 16.6. The molecular weight excluding hydrogens is 424 g/mol. The van der Waals surface area contributed by atoms with Gasteiger partial charge in [0.05, 0.1) is 24.4 Å². The highest BCUT2D eigenvalue weighted by Gasteiger charge is 2.46. The molecule has 0 aromatic rings. The molecule has 2 saturated heterocycles. The first-order chi connectivity index (χ1) is 14.8. The van der Waals surface area contributed by atoms with E-state index in [2.05, 4.69) is 0 Å². The Kier molecular flexibility index (Phi) is 10.0. The van der Waals surface area contributed by atoms with Crippen molar-refractivity contribution in [3.8, 4) is 0 Å². The molecule has 32 heavy (non-hydrogen) atoms. The maximum Gasteiger partial charge on any atom is 0.186 e. The van der Waals surface area contributed by atoms with E-state index in [0.717, 1.165) is 18.4 Å². The second-order valence-corrected chi connectivity index (χ2v) is 9.65. The number of aliphatic hydroxyl groups excluding tert-OH is 6. The van der Waals surface area contributed by atoms with E-state index in [1.165, 1.54) is 6.92 Å². The molecule has 0 aromatic carbocycles. The lowest BCUT2D eigenvalue weighted by atomic mass is 9.92. The van der Waals surface area contributed by atoms with Gasteiger partial charge in [0.2, 0.25) is 0 Å². The van der Waals surface area contributed by atoms with Gasteiger partial charge in [-0.2, -0.15) is 0 Å². The molecule has 0 aliphatic carbocycles. The minimum atomic E-state index is -1.50. The van der Waals surface area contributed by atoms with Gasteiger partial charge in [0.1, 0.15) is 42.7 Å². The SMILES string of the molecule is C/C(=C\C[C@@H]1O[C@H](CO[C@@H]2O[C@@H](C)[C@H](O)[C@@H](O)[C@H]2O)[C@@H](O)[C@H](O)[C@H]1O)CCCC(C)(C)O. The summed E-state index contributed by atoms with van der Waals surface area (Å²) in [7, 11) is 0. The molecule has 2 rings (SSSR count). The molecule has 0 saturated carbocycles. The van der Waals surface area contributed by atoms with Crippen LogP contribution in [-0.2, 0) is 14.2 Å². The zero-order valence-electron chi connectivity index (χ0n) is 19.2. The van der Waals surface area contributed by atoms with Gasteiger partial charge in [-0.1, -0.05) is 11.6 Å². The maximum absolute atomic E-state index is 10.3. The van der Waals surface area contributed by atoms with Crippen molar-refractivity contribution in [2.24, 2.45) is 0 Å². The fourth-order valence-electron chi connectivity index (χ4n) is 3.92. The summed E-state index contributed by atoms with van der Waals surface area (Å²) in [4.78, 5) is 0. The number of hydrogen-bond acceptors (Lipinski definition) is 10. The lowest BCUT2D eigenvalue weighted by molar-refractivity contribution is -0.308. The van der Waals surface area contributed by atoms with Gasteiger partial charge in [-0.25, -0.2) is 0 Å². The largest absolute Gasteiger partial charge is 0.390 e. The fourth-order valence-corrected chi connectivity index (χ4v) is 3.92. The van der Waals surface area contributed by atoms with Gasteiger partial charge in [-0.3, -0.25) is 0 Å². The average Bonchev–Trinajstić information content (AvgIpc) is 2.71. The van der Waals surface area contributed by atoms with Crippen LogP contribution in [0.4, 0.5) is 0 Å². The Labute approximate surface area is 189 Å². The Hall–Kier alpha value is -0.660. The van der Waals surface area contributed by atoms with Crippen LogP contribution in [0.1, 0.15) is 53.4 Å². The third kappa shape index (κ3) is 7.42. The molecule has 2 heterocycles. The van der Waals surface area contributed by atoms with Crippen LogP contribution >= 0.6 is 0 Å². The summed E-state index contributed by atoms with van der Waals surface area (Å²) in [5.74, 6) is 0. The zero-order valence-corrected chi connectivity index (χ0v) is 19.2. The Balaban J connectivity index is 1.91. The Bertz CT molecular complexity index is 606. The van der Waals surface area contributed by atoms with E-state index in [1.807, 2.05) is 13.0 Å². The van der Waals surface area contributed by atoms with Crippen LogP contribution in [0.3, 0.4) is 0 Å². The monoisotopic (exact) mass is 464 g/mol. The summed E-state index contributed by atoms with van der Waals surface area (Å²) in [6, 6.07) is 0. The average molecular weight is 465 g/mol. The van der Waals surface area contributed by atoms with Crippen LogP contribution in [0.5, 0.6) is 0 Å². The highest BCUT2D eigenvalue weighted by atomic mass is 16.7.